The Bertz CT molecular complexity index is 653. The Hall–Kier alpha value is -2.55. The second-order valence-electron chi connectivity index (χ2n) is 3.91. The van der Waals surface area contributed by atoms with Crippen molar-refractivity contribution in [1.29, 1.82) is 0 Å². The Morgan fingerprint density at radius 1 is 0.778 bits per heavy atom. The van der Waals surface area contributed by atoms with Crippen molar-refractivity contribution < 1.29 is 4.84 Å². The minimum atomic E-state index is 0.553. The summed E-state index contributed by atoms with van der Waals surface area (Å²) >= 11 is 0. The first-order valence-electron chi connectivity index (χ1n) is 5.75. The molecule has 3 aromatic rings. The van der Waals surface area contributed by atoms with Gasteiger partial charge in [-0.3, -0.25) is 0 Å². The Balaban J connectivity index is 1.79. The maximum atomic E-state index is 5.44. The first-order chi connectivity index (χ1) is 8.92. The molecule has 0 radical (unpaired) electrons. The van der Waals surface area contributed by atoms with Gasteiger partial charge >= 0.3 is 0 Å². The summed E-state index contributed by atoms with van der Waals surface area (Å²) in [5.41, 5.74) is 4.68. The van der Waals surface area contributed by atoms with E-state index in [0.717, 1.165) is 16.6 Å². The Morgan fingerprint density at radius 2 is 1.56 bits per heavy atom. The summed E-state index contributed by atoms with van der Waals surface area (Å²) in [5, 5.41) is 1.10. The molecule has 0 aliphatic rings. The molecule has 18 heavy (non-hydrogen) atoms. The predicted octanol–water partition coefficient (Wildman–Crippen LogP) is 3.64. The number of hydrogen-bond acceptors (Lipinski definition) is 3. The van der Waals surface area contributed by atoms with Crippen molar-refractivity contribution in [3.8, 4) is 5.88 Å². The van der Waals surface area contributed by atoms with Crippen LogP contribution in [0.15, 0.2) is 66.7 Å². The molecule has 0 aliphatic heterocycles. The Labute approximate surface area is 105 Å². The van der Waals surface area contributed by atoms with Crippen LogP contribution < -0.4 is 10.3 Å². The molecule has 0 spiro atoms. The van der Waals surface area contributed by atoms with Crippen LogP contribution >= 0.6 is 0 Å². The zero-order valence-corrected chi connectivity index (χ0v) is 9.71. The first-order valence-corrected chi connectivity index (χ1v) is 5.75. The van der Waals surface area contributed by atoms with E-state index in [1.54, 1.807) is 0 Å². The normalized spacial score (nSPS) is 10.2. The number of anilines is 1. The van der Waals surface area contributed by atoms with Gasteiger partial charge in [-0.15, -0.1) is 0 Å². The molecule has 1 heterocycles. The van der Waals surface area contributed by atoms with Crippen LogP contribution in [0, 0.1) is 0 Å². The maximum Gasteiger partial charge on any atom is 0.246 e. The first kappa shape index (κ1) is 10.6. The molecule has 3 heteroatoms. The average Bonchev–Trinajstić information content (AvgIpc) is 2.46. The van der Waals surface area contributed by atoms with Crippen molar-refractivity contribution in [3.05, 3.63) is 66.7 Å². The molecular formula is C15H12N2O. The molecular weight excluding hydrogens is 224 g/mol. The van der Waals surface area contributed by atoms with Crippen molar-refractivity contribution >= 4 is 16.6 Å². The fraction of sp³-hybridized carbons (Fsp3) is 0. The number of nitrogens with one attached hydrogen (secondary N) is 1. The van der Waals surface area contributed by atoms with Gasteiger partial charge in [0, 0.05) is 11.5 Å². The molecule has 1 N–H and O–H groups in total. The summed E-state index contributed by atoms with van der Waals surface area (Å²) in [4.78, 5) is 9.84. The van der Waals surface area contributed by atoms with Crippen LogP contribution in [0.4, 0.5) is 5.69 Å². The van der Waals surface area contributed by atoms with E-state index in [9.17, 15) is 0 Å². The number of hydrogen-bond donors (Lipinski definition) is 1. The number of benzene rings is 2. The summed E-state index contributed by atoms with van der Waals surface area (Å²) in [6.07, 6.45) is 0. The van der Waals surface area contributed by atoms with E-state index < -0.39 is 0 Å². The number of pyridine rings is 1. The lowest BCUT2D eigenvalue weighted by Crippen LogP contribution is -2.05. The zero-order chi connectivity index (χ0) is 12.2. The number of para-hydroxylation sites is 2. The SMILES string of the molecule is c1ccc(NOc2ccc3ccccc3n2)cc1. The van der Waals surface area contributed by atoms with E-state index in [1.165, 1.54) is 0 Å². The third kappa shape index (κ3) is 2.25. The minimum Gasteiger partial charge on any atom is -0.362 e. The lowest BCUT2D eigenvalue weighted by molar-refractivity contribution is 0.390. The van der Waals surface area contributed by atoms with E-state index in [2.05, 4.69) is 10.5 Å². The van der Waals surface area contributed by atoms with Crippen LogP contribution in [-0.2, 0) is 0 Å². The van der Waals surface area contributed by atoms with Gasteiger partial charge in [0.05, 0.1) is 11.2 Å². The number of rotatable bonds is 3. The van der Waals surface area contributed by atoms with Crippen LogP contribution in [0.5, 0.6) is 5.88 Å². The highest BCUT2D eigenvalue weighted by molar-refractivity contribution is 5.78. The van der Waals surface area contributed by atoms with Crippen LogP contribution in [-0.4, -0.2) is 4.98 Å². The fourth-order valence-electron chi connectivity index (χ4n) is 1.72. The topological polar surface area (TPSA) is 34.1 Å². The smallest absolute Gasteiger partial charge is 0.246 e. The fourth-order valence-corrected chi connectivity index (χ4v) is 1.72. The van der Waals surface area contributed by atoms with Gasteiger partial charge in [-0.25, -0.2) is 10.5 Å². The predicted molar refractivity (Wildman–Crippen MR) is 72.4 cm³/mol. The van der Waals surface area contributed by atoms with E-state index in [4.69, 9.17) is 4.84 Å². The van der Waals surface area contributed by atoms with Crippen molar-refractivity contribution in [2.45, 2.75) is 0 Å². The Morgan fingerprint density at radius 3 is 2.44 bits per heavy atom. The maximum absolute atomic E-state index is 5.44. The minimum absolute atomic E-state index is 0.553. The quantitative estimate of drug-likeness (QED) is 0.705. The van der Waals surface area contributed by atoms with E-state index in [1.807, 2.05) is 66.7 Å². The Kier molecular flexibility index (Phi) is 2.80. The molecule has 3 nitrogen and oxygen atoms in total. The molecule has 0 amide bonds. The summed E-state index contributed by atoms with van der Waals surface area (Å²) in [7, 11) is 0. The van der Waals surface area contributed by atoms with Crippen LogP contribution in [0.25, 0.3) is 10.9 Å². The van der Waals surface area contributed by atoms with Gasteiger partial charge in [0.2, 0.25) is 5.88 Å². The number of aromatic nitrogens is 1. The largest absolute Gasteiger partial charge is 0.362 e. The second kappa shape index (κ2) is 4.75. The second-order valence-corrected chi connectivity index (χ2v) is 3.91. The van der Waals surface area contributed by atoms with Gasteiger partial charge < -0.3 is 4.84 Å². The van der Waals surface area contributed by atoms with Gasteiger partial charge in [0.25, 0.3) is 0 Å². The number of nitrogens with zero attached hydrogens (tertiary/aromatic N) is 1. The van der Waals surface area contributed by atoms with E-state index in [0.29, 0.717) is 5.88 Å². The highest BCUT2D eigenvalue weighted by Crippen LogP contribution is 2.16. The molecule has 0 bridgehead atoms. The van der Waals surface area contributed by atoms with Gasteiger partial charge in [-0.2, -0.15) is 0 Å². The molecule has 3 rings (SSSR count). The van der Waals surface area contributed by atoms with Crippen LogP contribution in [0.3, 0.4) is 0 Å². The standard InChI is InChI=1S/C15H12N2O/c1-2-7-13(8-3-1)17-18-15-11-10-12-6-4-5-9-14(12)16-15/h1-11,17H. The summed E-state index contributed by atoms with van der Waals surface area (Å²) < 4.78 is 0. The van der Waals surface area contributed by atoms with E-state index >= 15 is 0 Å². The lowest BCUT2D eigenvalue weighted by atomic mass is 10.2. The summed E-state index contributed by atoms with van der Waals surface area (Å²) in [6, 6.07) is 21.5. The summed E-state index contributed by atoms with van der Waals surface area (Å²) in [6.45, 7) is 0. The van der Waals surface area contributed by atoms with Gasteiger partial charge in [0.1, 0.15) is 0 Å². The molecule has 0 saturated carbocycles. The molecule has 88 valence electrons. The van der Waals surface area contributed by atoms with Crippen LogP contribution in [0.1, 0.15) is 0 Å². The molecule has 0 saturated heterocycles. The molecule has 0 atom stereocenters. The highest BCUT2D eigenvalue weighted by atomic mass is 16.7. The molecule has 1 aromatic heterocycles. The van der Waals surface area contributed by atoms with Crippen molar-refractivity contribution in [2.24, 2.45) is 0 Å². The molecule has 0 unspecified atom stereocenters. The highest BCUT2D eigenvalue weighted by Gasteiger charge is 1.98. The van der Waals surface area contributed by atoms with Crippen molar-refractivity contribution in [3.63, 3.8) is 0 Å². The molecule has 0 fully saturated rings. The van der Waals surface area contributed by atoms with Gasteiger partial charge in [-0.05, 0) is 24.3 Å². The third-order valence-electron chi connectivity index (χ3n) is 2.62. The van der Waals surface area contributed by atoms with Crippen LogP contribution in [0.2, 0.25) is 0 Å². The lowest BCUT2D eigenvalue weighted by Gasteiger charge is -2.07. The van der Waals surface area contributed by atoms with Crippen molar-refractivity contribution in [2.75, 3.05) is 5.48 Å². The number of fused-ring (bicyclic) bond motifs is 1. The van der Waals surface area contributed by atoms with Crippen molar-refractivity contribution in [1.82, 2.24) is 4.98 Å². The van der Waals surface area contributed by atoms with Gasteiger partial charge in [0.15, 0.2) is 0 Å². The molecule has 0 aliphatic carbocycles. The van der Waals surface area contributed by atoms with E-state index in [-0.39, 0.29) is 0 Å². The monoisotopic (exact) mass is 236 g/mol. The third-order valence-corrected chi connectivity index (χ3v) is 2.62. The molecule has 2 aromatic carbocycles. The summed E-state index contributed by atoms with van der Waals surface area (Å²) in [5.74, 6) is 0.553. The zero-order valence-electron chi connectivity index (χ0n) is 9.71. The average molecular weight is 236 g/mol. The van der Waals surface area contributed by atoms with Gasteiger partial charge in [-0.1, -0.05) is 36.4 Å².